The molecule has 0 saturated carbocycles. The molecule has 0 saturated heterocycles. The molecule has 0 amide bonds. The molecule has 0 aliphatic heterocycles. The van der Waals surface area contributed by atoms with Crippen LogP contribution in [0.5, 0.6) is 0 Å². The minimum atomic E-state index is 0.979. The third kappa shape index (κ3) is 6.62. The summed E-state index contributed by atoms with van der Waals surface area (Å²) in [5, 5.41) is 0. The predicted molar refractivity (Wildman–Crippen MR) is 209 cm³/mol. The van der Waals surface area contributed by atoms with Gasteiger partial charge in [-0.05, 0) is 118 Å². The lowest BCUT2D eigenvalue weighted by Crippen LogP contribution is -2.18. The van der Waals surface area contributed by atoms with E-state index in [9.17, 15) is 0 Å². The van der Waals surface area contributed by atoms with Gasteiger partial charge in [0.1, 0.15) is 0 Å². The highest BCUT2D eigenvalue weighted by atomic mass is 15.1. The predicted octanol–water partition coefficient (Wildman–Crippen LogP) is 13.4. The standard InChI is InChI=1S/C48H39N/c1-5-14-36(15-6-1)39-24-28-44(29-25-39)49(45-30-26-40(27-31-45)37-16-7-2-8-17-37)46-32-33-47(41-20-11-4-12-21-41)48(35-46)43-23-13-22-42(34-43)38-18-9-3-10-19-38/h1-7,9-16,18-26,28-30,32-35H,8,17,27,31H2. The summed E-state index contributed by atoms with van der Waals surface area (Å²) < 4.78 is 0. The van der Waals surface area contributed by atoms with Crippen LogP contribution >= 0.6 is 0 Å². The molecule has 0 fully saturated rings. The first-order valence-corrected chi connectivity index (χ1v) is 17.4. The average Bonchev–Trinajstić information content (AvgIpc) is 3.20. The summed E-state index contributed by atoms with van der Waals surface area (Å²) in [6.07, 6.45) is 15.8. The summed E-state index contributed by atoms with van der Waals surface area (Å²) in [4.78, 5) is 2.47. The fourth-order valence-electron chi connectivity index (χ4n) is 7.14. The Morgan fingerprint density at radius 1 is 0.367 bits per heavy atom. The van der Waals surface area contributed by atoms with Crippen LogP contribution in [0.3, 0.4) is 0 Å². The smallest absolute Gasteiger partial charge is 0.0465 e. The van der Waals surface area contributed by atoms with Crippen LogP contribution in [-0.4, -0.2) is 0 Å². The molecule has 6 aromatic carbocycles. The normalized spacial score (nSPS) is 14.1. The van der Waals surface area contributed by atoms with Crippen LogP contribution in [0.2, 0.25) is 0 Å². The van der Waals surface area contributed by atoms with Crippen molar-refractivity contribution >= 4 is 11.4 Å². The first-order chi connectivity index (χ1) is 24.3. The topological polar surface area (TPSA) is 3.24 Å². The molecule has 0 radical (unpaired) electrons. The van der Waals surface area contributed by atoms with Gasteiger partial charge in [-0.2, -0.15) is 0 Å². The lowest BCUT2D eigenvalue weighted by Gasteiger charge is -2.31. The van der Waals surface area contributed by atoms with Gasteiger partial charge in [-0.1, -0.05) is 152 Å². The number of hydrogen-bond donors (Lipinski definition) is 0. The average molecular weight is 630 g/mol. The van der Waals surface area contributed by atoms with Crippen LogP contribution in [0.15, 0.2) is 205 Å². The van der Waals surface area contributed by atoms with E-state index in [1.165, 1.54) is 67.0 Å². The SMILES string of the molecule is C1=CCCC(C2=CC=C(N(c3ccc(-c4ccccc4)cc3)c3ccc(-c4ccccc4)c(-c4cccc(-c5ccccc5)c4)c3)CC2)=C1. The highest BCUT2D eigenvalue weighted by Gasteiger charge is 2.21. The molecule has 1 nitrogen and oxygen atoms in total. The van der Waals surface area contributed by atoms with Gasteiger partial charge < -0.3 is 4.90 Å². The van der Waals surface area contributed by atoms with Crippen molar-refractivity contribution in [3.05, 3.63) is 205 Å². The van der Waals surface area contributed by atoms with Crippen LogP contribution in [0.25, 0.3) is 44.5 Å². The zero-order chi connectivity index (χ0) is 32.8. The summed E-state index contributed by atoms with van der Waals surface area (Å²) in [5.41, 5.74) is 16.3. The van der Waals surface area contributed by atoms with Gasteiger partial charge in [0.2, 0.25) is 0 Å². The van der Waals surface area contributed by atoms with E-state index >= 15 is 0 Å². The molecule has 1 heteroatoms. The summed E-state index contributed by atoms with van der Waals surface area (Å²) in [6, 6.07) is 57.1. The van der Waals surface area contributed by atoms with E-state index in [4.69, 9.17) is 0 Å². The van der Waals surface area contributed by atoms with E-state index in [2.05, 4.69) is 193 Å². The monoisotopic (exact) mass is 629 g/mol. The molecule has 6 aromatic rings. The largest absolute Gasteiger partial charge is 0.314 e. The van der Waals surface area contributed by atoms with Crippen LogP contribution in [-0.2, 0) is 0 Å². The van der Waals surface area contributed by atoms with Crippen molar-refractivity contribution in [2.75, 3.05) is 4.90 Å². The maximum atomic E-state index is 2.47. The molecular formula is C48H39N. The Kier molecular flexibility index (Phi) is 8.72. The lowest BCUT2D eigenvalue weighted by atomic mass is 9.89. The summed E-state index contributed by atoms with van der Waals surface area (Å²) in [7, 11) is 0. The minimum absolute atomic E-state index is 0.979. The summed E-state index contributed by atoms with van der Waals surface area (Å²) in [5.74, 6) is 0. The third-order valence-electron chi connectivity index (χ3n) is 9.70. The number of benzene rings is 6. The second-order valence-corrected chi connectivity index (χ2v) is 12.8. The van der Waals surface area contributed by atoms with Gasteiger partial charge in [0.25, 0.3) is 0 Å². The Balaban J connectivity index is 1.26. The second-order valence-electron chi connectivity index (χ2n) is 12.8. The van der Waals surface area contributed by atoms with Gasteiger partial charge in [0, 0.05) is 17.1 Å². The Hall–Kier alpha value is -5.92. The van der Waals surface area contributed by atoms with Crippen molar-refractivity contribution in [2.45, 2.75) is 25.7 Å². The van der Waals surface area contributed by atoms with Gasteiger partial charge in [-0.3, -0.25) is 0 Å². The maximum absolute atomic E-state index is 2.47. The van der Waals surface area contributed by atoms with E-state index in [1.807, 2.05) is 0 Å². The molecule has 8 rings (SSSR count). The molecule has 0 spiro atoms. The van der Waals surface area contributed by atoms with E-state index < -0.39 is 0 Å². The minimum Gasteiger partial charge on any atom is -0.314 e. The van der Waals surface area contributed by atoms with Crippen molar-refractivity contribution in [3.63, 3.8) is 0 Å². The number of anilines is 2. The van der Waals surface area contributed by atoms with E-state index in [0.29, 0.717) is 0 Å². The molecule has 0 atom stereocenters. The van der Waals surface area contributed by atoms with Gasteiger partial charge in [0.05, 0.1) is 0 Å². The molecule has 0 unspecified atom stereocenters. The molecule has 236 valence electrons. The number of hydrogen-bond acceptors (Lipinski definition) is 1. The number of allylic oxidation sites excluding steroid dienone is 8. The first-order valence-electron chi connectivity index (χ1n) is 17.4. The number of rotatable bonds is 8. The molecule has 2 aliphatic rings. The van der Waals surface area contributed by atoms with Crippen molar-refractivity contribution in [3.8, 4) is 44.5 Å². The number of nitrogens with zero attached hydrogens (tertiary/aromatic N) is 1. The summed E-state index contributed by atoms with van der Waals surface area (Å²) in [6.45, 7) is 0. The highest BCUT2D eigenvalue weighted by molar-refractivity contribution is 5.89. The Labute approximate surface area is 290 Å². The van der Waals surface area contributed by atoms with Gasteiger partial charge in [0.15, 0.2) is 0 Å². The van der Waals surface area contributed by atoms with Gasteiger partial charge >= 0.3 is 0 Å². The van der Waals surface area contributed by atoms with Crippen molar-refractivity contribution in [2.24, 2.45) is 0 Å². The van der Waals surface area contributed by atoms with Crippen molar-refractivity contribution in [1.29, 1.82) is 0 Å². The molecule has 0 N–H and O–H groups in total. The van der Waals surface area contributed by atoms with Crippen molar-refractivity contribution < 1.29 is 0 Å². The van der Waals surface area contributed by atoms with Gasteiger partial charge in [-0.15, -0.1) is 0 Å². The molecule has 0 bridgehead atoms. The maximum Gasteiger partial charge on any atom is 0.0465 e. The molecular weight excluding hydrogens is 591 g/mol. The highest BCUT2D eigenvalue weighted by Crippen LogP contribution is 2.42. The van der Waals surface area contributed by atoms with E-state index in [1.54, 1.807) is 0 Å². The van der Waals surface area contributed by atoms with E-state index in [-0.39, 0.29) is 0 Å². The molecule has 2 aliphatic carbocycles. The third-order valence-corrected chi connectivity index (χ3v) is 9.70. The first kappa shape index (κ1) is 30.4. The van der Waals surface area contributed by atoms with Gasteiger partial charge in [-0.25, -0.2) is 0 Å². The second kappa shape index (κ2) is 14.1. The van der Waals surface area contributed by atoms with Crippen molar-refractivity contribution in [1.82, 2.24) is 0 Å². The van der Waals surface area contributed by atoms with Crippen LogP contribution in [0, 0.1) is 0 Å². The van der Waals surface area contributed by atoms with Crippen LogP contribution in [0.4, 0.5) is 11.4 Å². The zero-order valence-electron chi connectivity index (χ0n) is 27.7. The van der Waals surface area contributed by atoms with Crippen LogP contribution in [0.1, 0.15) is 25.7 Å². The Morgan fingerprint density at radius 2 is 0.959 bits per heavy atom. The Bertz CT molecular complexity index is 2180. The zero-order valence-corrected chi connectivity index (χ0v) is 27.7. The molecule has 49 heavy (non-hydrogen) atoms. The fourth-order valence-corrected chi connectivity index (χ4v) is 7.14. The lowest BCUT2D eigenvalue weighted by molar-refractivity contribution is 0.851. The molecule has 0 heterocycles. The molecule has 0 aromatic heterocycles. The Morgan fingerprint density at radius 3 is 1.61 bits per heavy atom. The fraction of sp³-hybridized carbons (Fsp3) is 0.0833. The van der Waals surface area contributed by atoms with Crippen LogP contribution < -0.4 is 4.90 Å². The van der Waals surface area contributed by atoms with E-state index in [0.717, 1.165) is 31.4 Å². The quantitative estimate of drug-likeness (QED) is 0.162. The summed E-state index contributed by atoms with van der Waals surface area (Å²) >= 11 is 0.